The number of nitrogens with zero attached hydrogens (tertiary/aromatic N) is 2. The standard InChI is InChI=1S/C13H19N3O/c1-4-5-10(2)16-6-7-17-13(11(16)3)12-8-14-15-9-12/h4-5,8-9,11,13H,2,6-7H2,1,3H3,(H,14,15)/b5-4-. The molecule has 0 radical (unpaired) electrons. The molecule has 92 valence electrons. The number of rotatable bonds is 3. The van der Waals surface area contributed by atoms with Gasteiger partial charge in [0.1, 0.15) is 6.10 Å². The van der Waals surface area contributed by atoms with Crippen LogP contribution in [0, 0.1) is 0 Å². The number of hydrogen-bond acceptors (Lipinski definition) is 3. The van der Waals surface area contributed by atoms with Crippen LogP contribution < -0.4 is 0 Å². The summed E-state index contributed by atoms with van der Waals surface area (Å²) in [5, 5.41) is 6.81. The van der Waals surface area contributed by atoms with Crippen LogP contribution >= 0.6 is 0 Å². The van der Waals surface area contributed by atoms with E-state index in [-0.39, 0.29) is 12.1 Å². The lowest BCUT2D eigenvalue weighted by atomic mass is 10.0. The first-order valence-electron chi connectivity index (χ1n) is 5.92. The van der Waals surface area contributed by atoms with Crippen LogP contribution in [0.5, 0.6) is 0 Å². The molecule has 4 heteroatoms. The third kappa shape index (κ3) is 2.42. The van der Waals surface area contributed by atoms with Crippen molar-refractivity contribution in [1.29, 1.82) is 0 Å². The van der Waals surface area contributed by atoms with Crippen molar-refractivity contribution in [3.05, 3.63) is 42.4 Å². The molecule has 1 aliphatic heterocycles. The van der Waals surface area contributed by atoms with Crippen LogP contribution in [0.25, 0.3) is 0 Å². The summed E-state index contributed by atoms with van der Waals surface area (Å²) >= 11 is 0. The van der Waals surface area contributed by atoms with Gasteiger partial charge in [0.2, 0.25) is 0 Å². The summed E-state index contributed by atoms with van der Waals surface area (Å²) in [5.74, 6) is 0. The van der Waals surface area contributed by atoms with Gasteiger partial charge in [-0.2, -0.15) is 5.10 Å². The minimum Gasteiger partial charge on any atom is -0.369 e. The highest BCUT2D eigenvalue weighted by molar-refractivity contribution is 5.18. The Kier molecular flexibility index (Phi) is 3.64. The number of nitrogens with one attached hydrogen (secondary N) is 1. The zero-order valence-electron chi connectivity index (χ0n) is 10.4. The summed E-state index contributed by atoms with van der Waals surface area (Å²) in [6.07, 6.45) is 7.82. The fourth-order valence-corrected chi connectivity index (χ4v) is 2.27. The Morgan fingerprint density at radius 2 is 2.53 bits per heavy atom. The molecular weight excluding hydrogens is 214 g/mol. The first-order valence-corrected chi connectivity index (χ1v) is 5.92. The fourth-order valence-electron chi connectivity index (χ4n) is 2.27. The molecule has 2 rings (SSSR count). The Balaban J connectivity index is 2.14. The Hall–Kier alpha value is -1.55. The lowest BCUT2D eigenvalue weighted by molar-refractivity contribution is -0.0524. The Bertz CT molecular complexity index is 397. The van der Waals surface area contributed by atoms with Crippen molar-refractivity contribution in [2.24, 2.45) is 0 Å². The second kappa shape index (κ2) is 5.19. The number of morpholine rings is 1. The van der Waals surface area contributed by atoms with E-state index in [9.17, 15) is 0 Å². The molecule has 1 aromatic heterocycles. The van der Waals surface area contributed by atoms with Crippen molar-refractivity contribution in [2.45, 2.75) is 26.0 Å². The number of H-pyrrole nitrogens is 1. The summed E-state index contributed by atoms with van der Waals surface area (Å²) in [6, 6.07) is 0.269. The molecule has 0 aliphatic carbocycles. The monoisotopic (exact) mass is 233 g/mol. The van der Waals surface area contributed by atoms with Crippen LogP contribution in [0.2, 0.25) is 0 Å². The normalized spacial score (nSPS) is 25.4. The van der Waals surface area contributed by atoms with Crippen molar-refractivity contribution in [3.8, 4) is 0 Å². The molecule has 2 unspecified atom stereocenters. The van der Waals surface area contributed by atoms with Gasteiger partial charge in [0.25, 0.3) is 0 Å². The van der Waals surface area contributed by atoms with Gasteiger partial charge in [0.15, 0.2) is 0 Å². The van der Waals surface area contributed by atoms with Gasteiger partial charge >= 0.3 is 0 Å². The number of hydrogen-bond donors (Lipinski definition) is 1. The van der Waals surface area contributed by atoms with Crippen molar-refractivity contribution in [1.82, 2.24) is 15.1 Å². The smallest absolute Gasteiger partial charge is 0.106 e. The quantitative estimate of drug-likeness (QED) is 0.814. The van der Waals surface area contributed by atoms with Gasteiger partial charge in [0, 0.05) is 24.0 Å². The van der Waals surface area contributed by atoms with Crippen molar-refractivity contribution in [2.75, 3.05) is 13.2 Å². The number of allylic oxidation sites excluding steroid dienone is 2. The summed E-state index contributed by atoms with van der Waals surface area (Å²) < 4.78 is 5.83. The Labute approximate surface area is 102 Å². The molecular formula is C13H19N3O. The van der Waals surface area contributed by atoms with E-state index in [1.165, 1.54) is 0 Å². The van der Waals surface area contributed by atoms with Gasteiger partial charge in [-0.15, -0.1) is 0 Å². The van der Waals surface area contributed by atoms with Gasteiger partial charge in [0.05, 0.1) is 18.8 Å². The molecule has 0 amide bonds. The molecule has 4 nitrogen and oxygen atoms in total. The summed E-state index contributed by atoms with van der Waals surface area (Å²) in [7, 11) is 0. The molecule has 0 spiro atoms. The van der Waals surface area contributed by atoms with Gasteiger partial charge < -0.3 is 9.64 Å². The van der Waals surface area contributed by atoms with E-state index in [0.29, 0.717) is 0 Å². The highest BCUT2D eigenvalue weighted by atomic mass is 16.5. The fraction of sp³-hybridized carbons (Fsp3) is 0.462. The minimum absolute atomic E-state index is 0.0597. The zero-order chi connectivity index (χ0) is 12.3. The van der Waals surface area contributed by atoms with Gasteiger partial charge in [-0.25, -0.2) is 0 Å². The number of aromatic amines is 1. The SMILES string of the molecule is C=C(/C=C\C)N1CCOC(c2cn[nH]c2)C1C. The molecule has 1 N–H and O–H groups in total. The van der Waals surface area contributed by atoms with E-state index >= 15 is 0 Å². The first-order chi connectivity index (χ1) is 8.24. The average molecular weight is 233 g/mol. The lowest BCUT2D eigenvalue weighted by Gasteiger charge is -2.40. The maximum Gasteiger partial charge on any atom is 0.106 e. The molecule has 0 bridgehead atoms. The maximum absolute atomic E-state index is 5.83. The summed E-state index contributed by atoms with van der Waals surface area (Å²) in [5.41, 5.74) is 2.13. The minimum atomic E-state index is 0.0597. The van der Waals surface area contributed by atoms with E-state index in [0.717, 1.165) is 24.4 Å². The third-order valence-corrected chi connectivity index (χ3v) is 3.14. The Morgan fingerprint density at radius 1 is 1.71 bits per heavy atom. The van der Waals surface area contributed by atoms with E-state index in [1.807, 2.05) is 31.5 Å². The molecule has 0 aromatic carbocycles. The Morgan fingerprint density at radius 3 is 3.18 bits per heavy atom. The third-order valence-electron chi connectivity index (χ3n) is 3.14. The van der Waals surface area contributed by atoms with Gasteiger partial charge in [-0.05, 0) is 19.9 Å². The van der Waals surface area contributed by atoms with Crippen LogP contribution in [-0.4, -0.2) is 34.3 Å². The van der Waals surface area contributed by atoms with Crippen molar-refractivity contribution >= 4 is 0 Å². The van der Waals surface area contributed by atoms with Crippen LogP contribution in [-0.2, 0) is 4.74 Å². The van der Waals surface area contributed by atoms with E-state index < -0.39 is 0 Å². The van der Waals surface area contributed by atoms with Gasteiger partial charge in [-0.1, -0.05) is 12.7 Å². The number of ether oxygens (including phenoxy) is 1. The molecule has 2 heterocycles. The topological polar surface area (TPSA) is 41.1 Å². The zero-order valence-corrected chi connectivity index (χ0v) is 10.4. The lowest BCUT2D eigenvalue weighted by Crippen LogP contribution is -2.44. The summed E-state index contributed by atoms with van der Waals surface area (Å²) in [6.45, 7) is 9.86. The molecule has 0 saturated carbocycles. The van der Waals surface area contributed by atoms with Crippen LogP contribution in [0.1, 0.15) is 25.5 Å². The number of aromatic nitrogens is 2. The van der Waals surface area contributed by atoms with E-state index in [1.54, 1.807) is 0 Å². The molecule has 1 aliphatic rings. The second-order valence-corrected chi connectivity index (χ2v) is 4.25. The van der Waals surface area contributed by atoms with Crippen LogP contribution in [0.4, 0.5) is 0 Å². The highest BCUT2D eigenvalue weighted by Crippen LogP contribution is 2.29. The van der Waals surface area contributed by atoms with Gasteiger partial charge in [-0.3, -0.25) is 5.10 Å². The second-order valence-electron chi connectivity index (χ2n) is 4.25. The van der Waals surface area contributed by atoms with Crippen molar-refractivity contribution < 1.29 is 4.74 Å². The molecule has 1 saturated heterocycles. The molecule has 1 aromatic rings. The maximum atomic E-state index is 5.83. The average Bonchev–Trinajstić information content (AvgIpc) is 2.83. The molecule has 17 heavy (non-hydrogen) atoms. The van der Waals surface area contributed by atoms with Crippen LogP contribution in [0.15, 0.2) is 36.8 Å². The van der Waals surface area contributed by atoms with Crippen LogP contribution in [0.3, 0.4) is 0 Å². The predicted octanol–water partition coefficient (Wildman–Crippen LogP) is 2.26. The highest BCUT2D eigenvalue weighted by Gasteiger charge is 2.30. The molecule has 2 atom stereocenters. The summed E-state index contributed by atoms with van der Waals surface area (Å²) in [4.78, 5) is 2.28. The largest absolute Gasteiger partial charge is 0.369 e. The predicted molar refractivity (Wildman–Crippen MR) is 67.4 cm³/mol. The first kappa shape index (κ1) is 11.9. The van der Waals surface area contributed by atoms with E-state index in [2.05, 4.69) is 28.6 Å². The molecule has 1 fully saturated rings. The van der Waals surface area contributed by atoms with E-state index in [4.69, 9.17) is 4.74 Å². The van der Waals surface area contributed by atoms with Crippen molar-refractivity contribution in [3.63, 3.8) is 0 Å².